The van der Waals surface area contributed by atoms with Crippen molar-refractivity contribution in [2.45, 2.75) is 206 Å². The summed E-state index contributed by atoms with van der Waals surface area (Å²) in [6.07, 6.45) is 41.4. The van der Waals surface area contributed by atoms with Gasteiger partial charge in [0.2, 0.25) is 0 Å². The molecule has 8 aromatic rings. The van der Waals surface area contributed by atoms with Gasteiger partial charge in [0.25, 0.3) is 0 Å². The number of unbranched alkanes of at least 4 members (excludes halogenated alkanes) is 26. The standard InChI is InChI=1S/C68H86Br2N2/c1-3-5-7-9-11-13-15-17-19-21-23-25-27-29-33-53-39-49-65-61(51-53)59-35-31-37-63(69)67(59)71(65)57-45-41-55(42-46-57)56-43-47-58(48-44-56)72-66-50-40-54(52-62(66)60-36-32-38-64(70)68(60)72)34-30-28-26-24-22-20-18-16-14-12-10-8-6-4-2/h31-32,35-52H,3-30,33-34H2,1-2H3. The lowest BCUT2D eigenvalue weighted by atomic mass is 10.0. The van der Waals surface area contributed by atoms with Gasteiger partial charge in [-0.2, -0.15) is 0 Å². The summed E-state index contributed by atoms with van der Waals surface area (Å²) in [5.41, 5.74) is 12.7. The van der Waals surface area contributed by atoms with Gasteiger partial charge < -0.3 is 9.13 Å². The first-order valence-electron chi connectivity index (χ1n) is 29.2. The highest BCUT2D eigenvalue weighted by atomic mass is 79.9. The SMILES string of the molecule is CCCCCCCCCCCCCCCCc1ccc2c(c1)c1cccc(Br)c1n2-c1ccc(-c2ccc(-n3c4ccc(CCCCCCCCCCCCCCCC)cc4c4cccc(Br)c43)cc2)cc1. The lowest BCUT2D eigenvalue weighted by molar-refractivity contribution is 0.535. The number of nitrogens with zero attached hydrogens (tertiary/aromatic N) is 2. The monoisotopic (exact) mass is 1090 g/mol. The molecule has 0 atom stereocenters. The second-order valence-corrected chi connectivity index (χ2v) is 23.1. The van der Waals surface area contributed by atoms with Gasteiger partial charge >= 0.3 is 0 Å². The zero-order valence-corrected chi connectivity index (χ0v) is 47.6. The fourth-order valence-corrected chi connectivity index (χ4v) is 12.7. The first kappa shape index (κ1) is 54.2. The van der Waals surface area contributed by atoms with E-state index in [1.807, 2.05) is 0 Å². The highest BCUT2D eigenvalue weighted by Gasteiger charge is 2.18. The van der Waals surface area contributed by atoms with E-state index in [1.54, 1.807) is 0 Å². The lowest BCUT2D eigenvalue weighted by Gasteiger charge is -2.12. The summed E-state index contributed by atoms with van der Waals surface area (Å²) < 4.78 is 7.15. The van der Waals surface area contributed by atoms with Gasteiger partial charge in [-0.3, -0.25) is 0 Å². The van der Waals surface area contributed by atoms with E-state index in [-0.39, 0.29) is 0 Å². The van der Waals surface area contributed by atoms with Gasteiger partial charge in [-0.25, -0.2) is 0 Å². The summed E-state index contributed by atoms with van der Waals surface area (Å²) in [6, 6.07) is 46.1. The molecule has 6 aromatic carbocycles. The van der Waals surface area contributed by atoms with E-state index in [9.17, 15) is 0 Å². The van der Waals surface area contributed by atoms with Gasteiger partial charge in [0.15, 0.2) is 0 Å². The van der Waals surface area contributed by atoms with Crippen molar-refractivity contribution in [1.29, 1.82) is 0 Å². The Labute approximate surface area is 452 Å². The molecule has 0 N–H and O–H groups in total. The van der Waals surface area contributed by atoms with E-state index in [1.165, 1.54) is 257 Å². The molecule has 0 saturated carbocycles. The number of aryl methyl sites for hydroxylation is 2. The van der Waals surface area contributed by atoms with Gasteiger partial charge in [-0.15, -0.1) is 0 Å². The Bertz CT molecular complexity index is 2660. The number of rotatable bonds is 33. The maximum Gasteiger partial charge on any atom is 0.0683 e. The van der Waals surface area contributed by atoms with Crippen LogP contribution in [-0.4, -0.2) is 9.13 Å². The molecule has 2 heterocycles. The molecule has 0 aliphatic heterocycles. The van der Waals surface area contributed by atoms with Crippen molar-refractivity contribution < 1.29 is 0 Å². The molecule has 2 nitrogen and oxygen atoms in total. The molecule has 4 heteroatoms. The third-order valence-electron chi connectivity index (χ3n) is 15.8. The highest BCUT2D eigenvalue weighted by Crippen LogP contribution is 2.39. The molecule has 0 saturated heterocycles. The summed E-state index contributed by atoms with van der Waals surface area (Å²) in [6.45, 7) is 4.61. The molecule has 72 heavy (non-hydrogen) atoms. The molecule has 0 fully saturated rings. The van der Waals surface area contributed by atoms with Gasteiger partial charge in [0.1, 0.15) is 0 Å². The van der Waals surface area contributed by atoms with Crippen molar-refractivity contribution in [2.75, 3.05) is 0 Å². The second kappa shape index (κ2) is 29.1. The Hall–Kier alpha value is -4.12. The predicted molar refractivity (Wildman–Crippen MR) is 324 cm³/mol. The molecule has 8 rings (SSSR count). The first-order valence-corrected chi connectivity index (χ1v) is 30.8. The molecule has 0 bridgehead atoms. The van der Waals surface area contributed by atoms with Crippen LogP contribution in [0.4, 0.5) is 0 Å². The Morgan fingerprint density at radius 2 is 0.611 bits per heavy atom. The lowest BCUT2D eigenvalue weighted by Crippen LogP contribution is -1.96. The number of para-hydroxylation sites is 2. The summed E-state index contributed by atoms with van der Waals surface area (Å²) in [5.74, 6) is 0. The highest BCUT2D eigenvalue weighted by molar-refractivity contribution is 9.11. The van der Waals surface area contributed by atoms with Crippen LogP contribution in [0.25, 0.3) is 66.1 Å². The van der Waals surface area contributed by atoms with Crippen LogP contribution < -0.4 is 0 Å². The van der Waals surface area contributed by atoms with E-state index in [0.29, 0.717) is 0 Å². The average Bonchev–Trinajstić information content (AvgIpc) is 3.92. The molecule has 0 radical (unpaired) electrons. The van der Waals surface area contributed by atoms with Crippen LogP contribution in [-0.2, 0) is 12.8 Å². The number of hydrogen-bond acceptors (Lipinski definition) is 0. The largest absolute Gasteiger partial charge is 0.308 e. The van der Waals surface area contributed by atoms with Crippen molar-refractivity contribution in [3.05, 3.63) is 141 Å². The summed E-state index contributed by atoms with van der Waals surface area (Å²) >= 11 is 7.92. The molecule has 0 amide bonds. The molecular formula is C68H86Br2N2. The number of fused-ring (bicyclic) bond motifs is 6. The van der Waals surface area contributed by atoms with Crippen LogP contribution in [0, 0.1) is 0 Å². The van der Waals surface area contributed by atoms with Crippen molar-refractivity contribution in [3.63, 3.8) is 0 Å². The van der Waals surface area contributed by atoms with Gasteiger partial charge in [0, 0.05) is 41.9 Å². The van der Waals surface area contributed by atoms with Gasteiger partial charge in [0.05, 0.1) is 22.1 Å². The normalized spacial score (nSPS) is 11.9. The topological polar surface area (TPSA) is 9.86 Å². The molecule has 0 aliphatic carbocycles. The fourth-order valence-electron chi connectivity index (χ4n) is 11.6. The van der Waals surface area contributed by atoms with Crippen LogP contribution in [0.5, 0.6) is 0 Å². The number of aromatic nitrogens is 2. The quantitative estimate of drug-likeness (QED) is 0.0363. The van der Waals surface area contributed by atoms with Crippen LogP contribution in [0.3, 0.4) is 0 Å². The minimum Gasteiger partial charge on any atom is -0.308 e. The van der Waals surface area contributed by atoms with Gasteiger partial charge in [-0.1, -0.05) is 241 Å². The van der Waals surface area contributed by atoms with E-state index in [2.05, 4.69) is 176 Å². The zero-order valence-electron chi connectivity index (χ0n) is 44.4. The Balaban J connectivity index is 0.865. The van der Waals surface area contributed by atoms with E-state index in [4.69, 9.17) is 0 Å². The second-order valence-electron chi connectivity index (χ2n) is 21.4. The number of hydrogen-bond donors (Lipinski definition) is 0. The van der Waals surface area contributed by atoms with Gasteiger partial charge in [-0.05, 0) is 140 Å². The molecule has 0 aliphatic rings. The smallest absolute Gasteiger partial charge is 0.0683 e. The zero-order chi connectivity index (χ0) is 49.7. The Kier molecular flexibility index (Phi) is 21.9. The Morgan fingerprint density at radius 1 is 0.306 bits per heavy atom. The molecule has 0 unspecified atom stereocenters. The third kappa shape index (κ3) is 14.6. The van der Waals surface area contributed by atoms with E-state index in [0.717, 1.165) is 21.8 Å². The average molecular weight is 1090 g/mol. The first-order chi connectivity index (χ1) is 35.6. The minimum absolute atomic E-state index is 1.13. The summed E-state index contributed by atoms with van der Waals surface area (Å²) in [4.78, 5) is 0. The van der Waals surface area contributed by atoms with Crippen molar-refractivity contribution in [1.82, 2.24) is 9.13 Å². The third-order valence-corrected chi connectivity index (χ3v) is 17.1. The summed E-state index contributed by atoms with van der Waals surface area (Å²) in [5, 5.41) is 5.29. The van der Waals surface area contributed by atoms with Crippen molar-refractivity contribution >= 4 is 75.5 Å². The van der Waals surface area contributed by atoms with Crippen LogP contribution in [0.1, 0.15) is 205 Å². The van der Waals surface area contributed by atoms with Crippen molar-refractivity contribution in [3.8, 4) is 22.5 Å². The summed E-state index contributed by atoms with van der Waals surface area (Å²) in [7, 11) is 0. The predicted octanol–water partition coefficient (Wildman–Crippen LogP) is 23.1. The van der Waals surface area contributed by atoms with E-state index >= 15 is 0 Å². The fraction of sp³-hybridized carbons (Fsp3) is 0.471. The van der Waals surface area contributed by atoms with Crippen LogP contribution in [0.15, 0.2) is 130 Å². The molecule has 382 valence electrons. The molecule has 2 aromatic heterocycles. The maximum atomic E-state index is 3.96. The number of halogens is 2. The molecular weight excluding hydrogens is 1000 g/mol. The van der Waals surface area contributed by atoms with Crippen LogP contribution >= 0.6 is 31.9 Å². The van der Waals surface area contributed by atoms with Crippen molar-refractivity contribution in [2.24, 2.45) is 0 Å². The maximum absolute atomic E-state index is 3.96. The van der Waals surface area contributed by atoms with E-state index < -0.39 is 0 Å². The minimum atomic E-state index is 1.13. The molecule has 0 spiro atoms. The Morgan fingerprint density at radius 3 is 0.931 bits per heavy atom. The number of benzene rings is 6. The van der Waals surface area contributed by atoms with Crippen LogP contribution in [0.2, 0.25) is 0 Å².